The number of aromatic nitrogens is 1. The van der Waals surface area contributed by atoms with E-state index in [-0.39, 0.29) is 11.4 Å². The molecule has 4 aromatic carbocycles. The van der Waals surface area contributed by atoms with Crippen LogP contribution in [0.15, 0.2) is 102 Å². The predicted molar refractivity (Wildman–Crippen MR) is 145 cm³/mol. The Labute approximate surface area is 210 Å². The Balaban J connectivity index is 1.55. The fourth-order valence-electron chi connectivity index (χ4n) is 4.33. The Kier molecular flexibility index (Phi) is 6.16. The first-order chi connectivity index (χ1) is 17.3. The molecule has 36 heavy (non-hydrogen) atoms. The van der Waals surface area contributed by atoms with Crippen LogP contribution in [0.25, 0.3) is 21.7 Å². The molecule has 7 heteroatoms. The van der Waals surface area contributed by atoms with Gasteiger partial charge in [0.2, 0.25) is 5.91 Å². The maximum absolute atomic E-state index is 14.1. The lowest BCUT2D eigenvalue weighted by atomic mass is 10.1. The van der Waals surface area contributed by atoms with Gasteiger partial charge in [-0.25, -0.2) is 8.42 Å². The standard InChI is InChI=1S/C29H25N3O3S/c1-20-8-5-13-27(21(20)2)32(36(34,35)28-14-6-10-22-9-3-4-12-25(22)28)19-29(33)31-24-15-16-26-23(18-24)11-7-17-30-26/h3-18H,19H2,1-2H3,(H,31,33). The minimum Gasteiger partial charge on any atom is -0.324 e. The molecule has 0 fully saturated rings. The number of benzene rings is 4. The van der Waals surface area contributed by atoms with Gasteiger partial charge in [-0.1, -0.05) is 54.6 Å². The maximum Gasteiger partial charge on any atom is 0.265 e. The molecule has 1 aromatic heterocycles. The number of anilines is 2. The first-order valence-electron chi connectivity index (χ1n) is 11.6. The van der Waals surface area contributed by atoms with Crippen LogP contribution < -0.4 is 9.62 Å². The number of rotatable bonds is 6. The lowest BCUT2D eigenvalue weighted by Gasteiger charge is -2.27. The van der Waals surface area contributed by atoms with Crippen LogP contribution in [0.1, 0.15) is 11.1 Å². The van der Waals surface area contributed by atoms with Gasteiger partial charge in [-0.05, 0) is 66.8 Å². The molecule has 0 atom stereocenters. The molecule has 1 amide bonds. The second-order valence-corrected chi connectivity index (χ2v) is 10.5. The highest BCUT2D eigenvalue weighted by molar-refractivity contribution is 7.93. The van der Waals surface area contributed by atoms with Crippen molar-refractivity contribution in [3.63, 3.8) is 0 Å². The van der Waals surface area contributed by atoms with Crippen molar-refractivity contribution in [1.82, 2.24) is 4.98 Å². The summed E-state index contributed by atoms with van der Waals surface area (Å²) < 4.78 is 29.4. The van der Waals surface area contributed by atoms with E-state index in [1.807, 2.05) is 68.4 Å². The zero-order valence-electron chi connectivity index (χ0n) is 20.0. The topological polar surface area (TPSA) is 79.4 Å². The highest BCUT2D eigenvalue weighted by Gasteiger charge is 2.30. The fraction of sp³-hybridized carbons (Fsp3) is 0.103. The third-order valence-corrected chi connectivity index (χ3v) is 8.15. The number of aryl methyl sites for hydroxylation is 1. The summed E-state index contributed by atoms with van der Waals surface area (Å²) in [5.41, 5.74) is 3.59. The van der Waals surface area contributed by atoms with Gasteiger partial charge in [0, 0.05) is 22.7 Å². The van der Waals surface area contributed by atoms with Crippen LogP contribution in [0.5, 0.6) is 0 Å². The van der Waals surface area contributed by atoms with Crippen LogP contribution in [-0.2, 0) is 14.8 Å². The summed E-state index contributed by atoms with van der Waals surface area (Å²) in [4.78, 5) is 17.7. The van der Waals surface area contributed by atoms with E-state index < -0.39 is 15.9 Å². The molecule has 0 saturated carbocycles. The zero-order valence-corrected chi connectivity index (χ0v) is 20.8. The average Bonchev–Trinajstić information content (AvgIpc) is 2.88. The van der Waals surface area contributed by atoms with Gasteiger partial charge < -0.3 is 5.32 Å². The second kappa shape index (κ2) is 9.43. The van der Waals surface area contributed by atoms with Gasteiger partial charge >= 0.3 is 0 Å². The number of pyridine rings is 1. The molecule has 0 aliphatic heterocycles. The minimum absolute atomic E-state index is 0.158. The normalized spacial score (nSPS) is 11.5. The summed E-state index contributed by atoms with van der Waals surface area (Å²) in [6.07, 6.45) is 1.71. The summed E-state index contributed by atoms with van der Waals surface area (Å²) in [5, 5.41) is 5.16. The van der Waals surface area contributed by atoms with E-state index in [0.717, 1.165) is 27.4 Å². The first-order valence-corrected chi connectivity index (χ1v) is 13.0. The largest absolute Gasteiger partial charge is 0.324 e. The Morgan fingerprint density at radius 1 is 0.861 bits per heavy atom. The van der Waals surface area contributed by atoms with Crippen molar-refractivity contribution in [3.05, 3.63) is 108 Å². The Bertz CT molecular complexity index is 1710. The van der Waals surface area contributed by atoms with Crippen molar-refractivity contribution in [2.24, 2.45) is 0 Å². The van der Waals surface area contributed by atoms with E-state index in [9.17, 15) is 13.2 Å². The van der Waals surface area contributed by atoms with Crippen molar-refractivity contribution < 1.29 is 13.2 Å². The van der Waals surface area contributed by atoms with Crippen molar-refractivity contribution in [1.29, 1.82) is 0 Å². The average molecular weight is 496 g/mol. The number of nitrogens with zero attached hydrogens (tertiary/aromatic N) is 2. The van der Waals surface area contributed by atoms with Gasteiger partial charge in [0.05, 0.1) is 16.1 Å². The van der Waals surface area contributed by atoms with Gasteiger partial charge in [-0.2, -0.15) is 0 Å². The molecule has 0 aliphatic carbocycles. The van der Waals surface area contributed by atoms with Crippen molar-refractivity contribution in [2.75, 3.05) is 16.2 Å². The van der Waals surface area contributed by atoms with E-state index in [1.165, 1.54) is 4.31 Å². The van der Waals surface area contributed by atoms with Crippen molar-refractivity contribution in [2.45, 2.75) is 18.7 Å². The molecule has 180 valence electrons. The molecular formula is C29H25N3O3S. The van der Waals surface area contributed by atoms with E-state index in [0.29, 0.717) is 16.8 Å². The Hall–Kier alpha value is -4.23. The number of hydrogen-bond acceptors (Lipinski definition) is 4. The quantitative estimate of drug-likeness (QED) is 0.321. The third kappa shape index (κ3) is 4.41. The molecule has 0 radical (unpaired) electrons. The number of nitrogens with one attached hydrogen (secondary N) is 1. The first kappa shape index (κ1) is 23.5. The van der Waals surface area contributed by atoms with Crippen LogP contribution in [0, 0.1) is 13.8 Å². The SMILES string of the molecule is Cc1cccc(N(CC(=O)Nc2ccc3ncccc3c2)S(=O)(=O)c2cccc3ccccc23)c1C. The lowest BCUT2D eigenvalue weighted by molar-refractivity contribution is -0.114. The molecule has 5 rings (SSSR count). The number of hydrogen-bond donors (Lipinski definition) is 1. The van der Waals surface area contributed by atoms with Crippen LogP contribution in [0.4, 0.5) is 11.4 Å². The summed E-state index contributed by atoms with van der Waals surface area (Å²) in [6, 6.07) is 27.1. The summed E-state index contributed by atoms with van der Waals surface area (Å²) in [5.74, 6) is -0.442. The molecular weight excluding hydrogens is 470 g/mol. The van der Waals surface area contributed by atoms with Crippen LogP contribution >= 0.6 is 0 Å². The molecule has 0 unspecified atom stereocenters. The number of sulfonamides is 1. The number of fused-ring (bicyclic) bond motifs is 2. The van der Waals surface area contributed by atoms with Crippen molar-refractivity contribution >= 4 is 49.0 Å². The molecule has 0 spiro atoms. The van der Waals surface area contributed by atoms with Gasteiger partial charge in [-0.3, -0.25) is 14.1 Å². The second-order valence-electron chi connectivity index (χ2n) is 8.67. The molecule has 0 saturated heterocycles. The van der Waals surface area contributed by atoms with E-state index in [4.69, 9.17) is 0 Å². The van der Waals surface area contributed by atoms with Crippen LogP contribution in [0.3, 0.4) is 0 Å². The van der Waals surface area contributed by atoms with E-state index in [1.54, 1.807) is 42.6 Å². The monoisotopic (exact) mass is 495 g/mol. The molecule has 5 aromatic rings. The molecule has 0 aliphatic rings. The molecule has 0 bridgehead atoms. The number of carbonyl (C=O) groups excluding carboxylic acids is 1. The summed E-state index contributed by atoms with van der Waals surface area (Å²) in [7, 11) is -4.08. The lowest BCUT2D eigenvalue weighted by Crippen LogP contribution is -2.38. The number of carbonyl (C=O) groups is 1. The Morgan fingerprint density at radius 3 is 2.47 bits per heavy atom. The van der Waals surface area contributed by atoms with Gasteiger partial charge in [-0.15, -0.1) is 0 Å². The molecule has 1 N–H and O–H groups in total. The van der Waals surface area contributed by atoms with E-state index >= 15 is 0 Å². The van der Waals surface area contributed by atoms with Gasteiger partial charge in [0.15, 0.2) is 0 Å². The predicted octanol–water partition coefficient (Wildman–Crippen LogP) is 5.84. The zero-order chi connectivity index (χ0) is 25.3. The van der Waals surface area contributed by atoms with Crippen molar-refractivity contribution in [3.8, 4) is 0 Å². The molecule has 6 nitrogen and oxygen atoms in total. The molecule has 1 heterocycles. The summed E-state index contributed by atoms with van der Waals surface area (Å²) >= 11 is 0. The third-order valence-electron chi connectivity index (χ3n) is 6.34. The van der Waals surface area contributed by atoms with Crippen LogP contribution in [0.2, 0.25) is 0 Å². The smallest absolute Gasteiger partial charge is 0.265 e. The maximum atomic E-state index is 14.1. The van der Waals surface area contributed by atoms with Gasteiger partial charge in [0.1, 0.15) is 6.54 Å². The summed E-state index contributed by atoms with van der Waals surface area (Å²) in [6.45, 7) is 3.41. The fourth-order valence-corrected chi connectivity index (χ4v) is 6.02. The minimum atomic E-state index is -4.08. The van der Waals surface area contributed by atoms with Gasteiger partial charge in [0.25, 0.3) is 10.0 Å². The highest BCUT2D eigenvalue weighted by Crippen LogP contribution is 2.32. The van der Waals surface area contributed by atoms with E-state index in [2.05, 4.69) is 10.3 Å². The highest BCUT2D eigenvalue weighted by atomic mass is 32.2. The van der Waals surface area contributed by atoms with Crippen LogP contribution in [-0.4, -0.2) is 25.9 Å². The Morgan fingerprint density at radius 2 is 1.61 bits per heavy atom. The number of amides is 1.